The Hall–Kier alpha value is -1.34. The van der Waals surface area contributed by atoms with Gasteiger partial charge in [-0.05, 0) is 18.0 Å². The lowest BCUT2D eigenvalue weighted by molar-refractivity contribution is 0.159. The molecule has 0 aliphatic rings. The summed E-state index contributed by atoms with van der Waals surface area (Å²) in [7, 11) is 0. The van der Waals surface area contributed by atoms with E-state index >= 15 is 0 Å². The maximum Gasteiger partial charge on any atom is 0.271 e. The number of hydrogen-bond donors (Lipinski definition) is 1. The van der Waals surface area contributed by atoms with Crippen LogP contribution in [-0.2, 0) is 0 Å². The van der Waals surface area contributed by atoms with Crippen LogP contribution in [0.15, 0.2) is 10.7 Å². The van der Waals surface area contributed by atoms with Gasteiger partial charge in [0.2, 0.25) is 5.82 Å². The number of nitrogens with zero attached hydrogens (tertiary/aromatic N) is 4. The second-order valence-corrected chi connectivity index (χ2v) is 3.45. The van der Waals surface area contributed by atoms with E-state index in [0.29, 0.717) is 23.0 Å². The van der Waals surface area contributed by atoms with Gasteiger partial charge in [0.05, 0.1) is 6.20 Å². The maximum atomic E-state index is 9.43. The first-order chi connectivity index (χ1) is 6.81. The summed E-state index contributed by atoms with van der Waals surface area (Å²) in [5, 5.41) is 16.7. The lowest BCUT2D eigenvalue weighted by Crippen LogP contribution is -1.97. The van der Waals surface area contributed by atoms with E-state index in [9.17, 15) is 5.11 Å². The van der Waals surface area contributed by atoms with Crippen LogP contribution in [-0.4, -0.2) is 24.8 Å². The van der Waals surface area contributed by atoms with Crippen molar-refractivity contribution in [2.45, 2.75) is 19.4 Å². The summed E-state index contributed by atoms with van der Waals surface area (Å²) in [6.07, 6.45) is 1.42. The molecular formula is C7H8N4O2S. The van der Waals surface area contributed by atoms with Gasteiger partial charge in [0.1, 0.15) is 11.0 Å². The van der Waals surface area contributed by atoms with Crippen LogP contribution in [0.25, 0.3) is 10.8 Å². The Morgan fingerprint density at radius 2 is 2.50 bits per heavy atom. The molecular weight excluding hydrogens is 204 g/mol. The second kappa shape index (κ2) is 3.81. The lowest BCUT2D eigenvalue weighted by Gasteiger charge is -1.97. The molecule has 0 saturated carbocycles. The number of aliphatic hydroxyl groups excluding tert-OH is 1. The lowest BCUT2D eigenvalue weighted by atomic mass is 10.3. The highest BCUT2D eigenvalue weighted by Crippen LogP contribution is 2.21. The molecule has 2 rings (SSSR count). The molecule has 0 fully saturated rings. The Labute approximate surface area is 83.8 Å². The van der Waals surface area contributed by atoms with Crippen molar-refractivity contribution in [2.75, 3.05) is 0 Å². The van der Waals surface area contributed by atoms with Crippen molar-refractivity contribution in [2.24, 2.45) is 0 Å². The van der Waals surface area contributed by atoms with Crippen molar-refractivity contribution < 1.29 is 9.63 Å². The van der Waals surface area contributed by atoms with Crippen LogP contribution in [0.4, 0.5) is 0 Å². The zero-order valence-corrected chi connectivity index (χ0v) is 8.23. The summed E-state index contributed by atoms with van der Waals surface area (Å²) in [4.78, 5) is 4.73. The smallest absolute Gasteiger partial charge is 0.271 e. The first-order valence-electron chi connectivity index (χ1n) is 4.10. The van der Waals surface area contributed by atoms with E-state index < -0.39 is 6.10 Å². The second-order valence-electron chi connectivity index (χ2n) is 2.66. The van der Waals surface area contributed by atoms with E-state index in [-0.39, 0.29) is 0 Å². The molecule has 2 aromatic heterocycles. The largest absolute Gasteiger partial charge is 0.385 e. The number of rotatable bonds is 3. The van der Waals surface area contributed by atoms with E-state index in [4.69, 9.17) is 4.52 Å². The average Bonchev–Trinajstić information content (AvgIpc) is 2.86. The molecule has 0 aliphatic carbocycles. The molecule has 1 atom stereocenters. The molecule has 7 heteroatoms. The fourth-order valence-corrected chi connectivity index (χ4v) is 1.35. The molecule has 0 spiro atoms. The van der Waals surface area contributed by atoms with E-state index in [2.05, 4.69) is 19.7 Å². The van der Waals surface area contributed by atoms with Gasteiger partial charge in [-0.25, -0.2) is 0 Å². The molecule has 0 amide bonds. The monoisotopic (exact) mass is 212 g/mol. The molecule has 0 aliphatic heterocycles. The summed E-state index contributed by atoms with van der Waals surface area (Å²) in [6.45, 7) is 1.84. The Morgan fingerprint density at radius 3 is 3.14 bits per heavy atom. The fraction of sp³-hybridized carbons (Fsp3) is 0.429. The number of hydrogen-bond acceptors (Lipinski definition) is 7. The zero-order valence-electron chi connectivity index (χ0n) is 7.41. The molecule has 2 aromatic rings. The predicted molar refractivity (Wildman–Crippen MR) is 48.5 cm³/mol. The van der Waals surface area contributed by atoms with Gasteiger partial charge in [-0.1, -0.05) is 16.6 Å². The topological polar surface area (TPSA) is 84.9 Å². The van der Waals surface area contributed by atoms with Crippen LogP contribution >= 0.6 is 11.5 Å². The van der Waals surface area contributed by atoms with Gasteiger partial charge in [0.15, 0.2) is 0 Å². The molecule has 0 bridgehead atoms. The van der Waals surface area contributed by atoms with Crippen LogP contribution in [0, 0.1) is 0 Å². The minimum atomic E-state index is -0.673. The molecule has 1 unspecified atom stereocenters. The summed E-state index contributed by atoms with van der Waals surface area (Å²) < 4.78 is 8.62. The first-order valence-corrected chi connectivity index (χ1v) is 4.88. The van der Waals surface area contributed by atoms with Gasteiger partial charge >= 0.3 is 0 Å². The van der Waals surface area contributed by atoms with Crippen LogP contribution < -0.4 is 0 Å². The number of aliphatic hydroxyl groups is 1. The first kappa shape index (κ1) is 9.22. The predicted octanol–water partition coefficient (Wildman–Crippen LogP) is 1.03. The normalized spacial score (nSPS) is 13.0. The van der Waals surface area contributed by atoms with Crippen LogP contribution in [0.1, 0.15) is 25.3 Å². The van der Waals surface area contributed by atoms with E-state index in [1.807, 2.05) is 6.92 Å². The van der Waals surface area contributed by atoms with Crippen LogP contribution in [0.3, 0.4) is 0 Å². The van der Waals surface area contributed by atoms with Crippen LogP contribution in [0.5, 0.6) is 0 Å². The third-order valence-electron chi connectivity index (χ3n) is 1.70. The number of aromatic nitrogens is 4. The minimum absolute atomic E-state index is 0.302. The molecule has 2 heterocycles. The highest BCUT2D eigenvalue weighted by molar-refractivity contribution is 7.09. The van der Waals surface area contributed by atoms with Crippen LogP contribution in [0.2, 0.25) is 0 Å². The molecule has 14 heavy (non-hydrogen) atoms. The molecule has 6 nitrogen and oxygen atoms in total. The van der Waals surface area contributed by atoms with Gasteiger partial charge in [-0.2, -0.15) is 4.98 Å². The Bertz CT molecular complexity index is 399. The summed E-state index contributed by atoms with van der Waals surface area (Å²) >= 11 is 1.17. The van der Waals surface area contributed by atoms with Crippen molar-refractivity contribution in [1.82, 2.24) is 19.7 Å². The van der Waals surface area contributed by atoms with E-state index in [0.717, 1.165) is 0 Å². The van der Waals surface area contributed by atoms with Crippen molar-refractivity contribution in [3.05, 3.63) is 12.0 Å². The summed E-state index contributed by atoms with van der Waals surface area (Å²) in [6, 6.07) is 0. The molecule has 0 aromatic carbocycles. The quantitative estimate of drug-likeness (QED) is 0.817. The van der Waals surface area contributed by atoms with Crippen molar-refractivity contribution >= 4 is 11.5 Å². The van der Waals surface area contributed by atoms with Crippen molar-refractivity contribution in [3.63, 3.8) is 0 Å². The fourth-order valence-electron chi connectivity index (χ4n) is 0.914. The highest BCUT2D eigenvalue weighted by atomic mass is 32.1. The summed E-state index contributed by atoms with van der Waals surface area (Å²) in [5.74, 6) is 0.651. The SMILES string of the molecule is CCC(O)c1noc(-c2cnns2)n1. The van der Waals surface area contributed by atoms with Gasteiger partial charge in [0, 0.05) is 0 Å². The highest BCUT2D eigenvalue weighted by Gasteiger charge is 2.15. The van der Waals surface area contributed by atoms with Crippen molar-refractivity contribution in [1.29, 1.82) is 0 Å². The molecule has 1 N–H and O–H groups in total. The standard InChI is InChI=1S/C7H8N4O2S/c1-2-4(12)6-9-7(13-10-6)5-3-8-11-14-5/h3-4,12H,2H2,1H3. The Kier molecular flexibility index (Phi) is 2.51. The summed E-state index contributed by atoms with van der Waals surface area (Å²) in [5.41, 5.74) is 0. The molecule has 0 radical (unpaired) electrons. The van der Waals surface area contributed by atoms with E-state index in [1.54, 1.807) is 6.20 Å². The third-order valence-corrected chi connectivity index (χ3v) is 2.35. The molecule has 74 valence electrons. The maximum absolute atomic E-state index is 9.43. The van der Waals surface area contributed by atoms with Crippen molar-refractivity contribution in [3.8, 4) is 10.8 Å². The van der Waals surface area contributed by atoms with Gasteiger partial charge < -0.3 is 9.63 Å². The van der Waals surface area contributed by atoms with Gasteiger partial charge in [0.25, 0.3) is 5.89 Å². The Balaban J connectivity index is 2.26. The third kappa shape index (κ3) is 1.64. The van der Waals surface area contributed by atoms with Gasteiger partial charge in [-0.15, -0.1) is 5.10 Å². The minimum Gasteiger partial charge on any atom is -0.385 e. The molecule has 0 saturated heterocycles. The Morgan fingerprint density at radius 1 is 1.64 bits per heavy atom. The van der Waals surface area contributed by atoms with E-state index in [1.165, 1.54) is 11.5 Å². The average molecular weight is 212 g/mol. The zero-order chi connectivity index (χ0) is 9.97. The van der Waals surface area contributed by atoms with Gasteiger partial charge in [-0.3, -0.25) is 0 Å².